The lowest BCUT2D eigenvalue weighted by atomic mass is 9.95. The van der Waals surface area contributed by atoms with Crippen molar-refractivity contribution < 1.29 is 9.59 Å². The molecule has 1 aliphatic carbocycles. The molecule has 0 aromatic heterocycles. The topological polar surface area (TPSA) is 49.4 Å². The van der Waals surface area contributed by atoms with E-state index in [0.717, 1.165) is 36.8 Å². The van der Waals surface area contributed by atoms with Gasteiger partial charge in [0.2, 0.25) is 11.8 Å². The van der Waals surface area contributed by atoms with Gasteiger partial charge in [-0.1, -0.05) is 79.2 Å². The number of benzene rings is 2. The van der Waals surface area contributed by atoms with Gasteiger partial charge in [-0.05, 0) is 54.7 Å². The largest absolute Gasteiger partial charge is 0.352 e. The number of rotatable bonds is 8. The second-order valence-electron chi connectivity index (χ2n) is 8.33. The molecular weight excluding hydrogens is 467 g/mol. The van der Waals surface area contributed by atoms with Crippen LogP contribution in [-0.4, -0.2) is 28.8 Å². The van der Waals surface area contributed by atoms with Crippen molar-refractivity contribution in [2.75, 3.05) is 0 Å². The van der Waals surface area contributed by atoms with E-state index in [0.29, 0.717) is 21.5 Å². The third-order valence-electron chi connectivity index (χ3n) is 5.94. The molecule has 1 N–H and O–H groups in total. The summed E-state index contributed by atoms with van der Waals surface area (Å²) in [6, 6.07) is 12.0. The Labute approximate surface area is 205 Å². The van der Waals surface area contributed by atoms with E-state index < -0.39 is 6.04 Å². The molecule has 1 aliphatic rings. The summed E-state index contributed by atoms with van der Waals surface area (Å²) >= 11 is 18.6. The lowest BCUT2D eigenvalue weighted by Crippen LogP contribution is -2.52. The Bertz CT molecular complexity index is 945. The van der Waals surface area contributed by atoms with E-state index >= 15 is 0 Å². The first-order valence-corrected chi connectivity index (χ1v) is 12.3. The highest BCUT2D eigenvalue weighted by molar-refractivity contribution is 6.35. The third-order valence-corrected chi connectivity index (χ3v) is 6.76. The number of carbonyl (C=O) groups is 2. The summed E-state index contributed by atoms with van der Waals surface area (Å²) in [5, 5.41) is 4.75. The van der Waals surface area contributed by atoms with Crippen molar-refractivity contribution >= 4 is 46.6 Å². The predicted octanol–water partition coefficient (Wildman–Crippen LogP) is 6.45. The van der Waals surface area contributed by atoms with E-state index in [1.165, 1.54) is 6.42 Å². The number of nitrogens with zero attached hydrogens (tertiary/aromatic N) is 1. The molecule has 0 spiro atoms. The average molecular weight is 496 g/mol. The minimum Gasteiger partial charge on any atom is -0.352 e. The van der Waals surface area contributed by atoms with Gasteiger partial charge in [0, 0.05) is 27.7 Å². The van der Waals surface area contributed by atoms with Crippen LogP contribution in [0.4, 0.5) is 0 Å². The molecule has 7 heteroatoms. The van der Waals surface area contributed by atoms with E-state index in [1.807, 2.05) is 19.1 Å². The lowest BCUT2D eigenvalue weighted by Gasteiger charge is -2.33. The Balaban J connectivity index is 1.84. The van der Waals surface area contributed by atoms with Crippen molar-refractivity contribution in [1.29, 1.82) is 0 Å². The van der Waals surface area contributed by atoms with E-state index in [2.05, 4.69) is 5.32 Å². The van der Waals surface area contributed by atoms with Crippen LogP contribution in [0.2, 0.25) is 15.1 Å². The van der Waals surface area contributed by atoms with Crippen LogP contribution in [0.25, 0.3) is 0 Å². The summed E-state index contributed by atoms with van der Waals surface area (Å²) in [6.45, 7) is 2.15. The quantitative estimate of drug-likeness (QED) is 0.458. The highest BCUT2D eigenvalue weighted by Gasteiger charge is 2.30. The SMILES string of the molecule is CCC(C(=O)NC1CCCCC1)N(Cc1ccc(Cl)cc1Cl)C(=O)Cc1cccc(Cl)c1. The summed E-state index contributed by atoms with van der Waals surface area (Å²) in [4.78, 5) is 28.3. The molecule has 0 saturated heterocycles. The molecule has 2 aromatic rings. The van der Waals surface area contributed by atoms with Crippen molar-refractivity contribution in [3.05, 3.63) is 68.7 Å². The van der Waals surface area contributed by atoms with Gasteiger partial charge in [0.1, 0.15) is 6.04 Å². The van der Waals surface area contributed by atoms with Crippen LogP contribution in [-0.2, 0) is 22.6 Å². The fraction of sp³-hybridized carbons (Fsp3) is 0.440. The molecule has 3 rings (SSSR count). The smallest absolute Gasteiger partial charge is 0.243 e. The van der Waals surface area contributed by atoms with Crippen LogP contribution >= 0.6 is 34.8 Å². The molecule has 0 bridgehead atoms. The van der Waals surface area contributed by atoms with Gasteiger partial charge < -0.3 is 10.2 Å². The molecular formula is C25H29Cl3N2O2. The Morgan fingerprint density at radius 3 is 2.41 bits per heavy atom. The summed E-state index contributed by atoms with van der Waals surface area (Å²) in [6.07, 6.45) is 6.09. The maximum absolute atomic E-state index is 13.4. The standard InChI is InChI=1S/C25H29Cl3N2O2/c1-2-23(25(32)29-21-9-4-3-5-10-21)30(16-18-11-12-20(27)15-22(18)28)24(31)14-17-7-6-8-19(26)13-17/h6-8,11-13,15,21,23H,2-5,9-10,14,16H2,1H3,(H,29,32). The molecule has 0 radical (unpaired) electrons. The van der Waals surface area contributed by atoms with Gasteiger partial charge >= 0.3 is 0 Å². The van der Waals surface area contributed by atoms with Gasteiger partial charge in [-0.15, -0.1) is 0 Å². The molecule has 1 unspecified atom stereocenters. The first kappa shape index (κ1) is 24.9. The number of halogens is 3. The van der Waals surface area contributed by atoms with Crippen molar-refractivity contribution in [3.8, 4) is 0 Å². The molecule has 172 valence electrons. The van der Waals surface area contributed by atoms with Crippen LogP contribution in [0.15, 0.2) is 42.5 Å². The van der Waals surface area contributed by atoms with Gasteiger partial charge in [0.15, 0.2) is 0 Å². The number of hydrogen-bond donors (Lipinski definition) is 1. The van der Waals surface area contributed by atoms with Gasteiger partial charge in [-0.25, -0.2) is 0 Å². The Hall–Kier alpha value is -1.75. The van der Waals surface area contributed by atoms with Crippen LogP contribution in [0.3, 0.4) is 0 Å². The number of amides is 2. The molecule has 4 nitrogen and oxygen atoms in total. The number of carbonyl (C=O) groups excluding carboxylic acids is 2. The van der Waals surface area contributed by atoms with Gasteiger partial charge in [-0.2, -0.15) is 0 Å². The molecule has 0 heterocycles. The molecule has 2 aromatic carbocycles. The molecule has 1 fully saturated rings. The van der Waals surface area contributed by atoms with Gasteiger partial charge in [0.05, 0.1) is 6.42 Å². The Morgan fingerprint density at radius 2 is 1.75 bits per heavy atom. The van der Waals surface area contributed by atoms with Crippen LogP contribution < -0.4 is 5.32 Å². The van der Waals surface area contributed by atoms with Gasteiger partial charge in [-0.3, -0.25) is 9.59 Å². The van der Waals surface area contributed by atoms with Crippen molar-refractivity contribution in [1.82, 2.24) is 10.2 Å². The van der Waals surface area contributed by atoms with E-state index in [9.17, 15) is 9.59 Å². The van der Waals surface area contributed by atoms with E-state index in [1.54, 1.807) is 35.2 Å². The summed E-state index contributed by atoms with van der Waals surface area (Å²) < 4.78 is 0. The van der Waals surface area contributed by atoms with Crippen molar-refractivity contribution in [3.63, 3.8) is 0 Å². The monoisotopic (exact) mass is 494 g/mol. The number of nitrogens with one attached hydrogen (secondary N) is 1. The second-order valence-corrected chi connectivity index (χ2v) is 9.61. The highest BCUT2D eigenvalue weighted by atomic mass is 35.5. The summed E-state index contributed by atoms with van der Waals surface area (Å²) in [7, 11) is 0. The van der Waals surface area contributed by atoms with Crippen LogP contribution in [0.1, 0.15) is 56.6 Å². The number of hydrogen-bond acceptors (Lipinski definition) is 2. The van der Waals surface area contributed by atoms with Crippen molar-refractivity contribution in [2.24, 2.45) is 0 Å². The van der Waals surface area contributed by atoms with Crippen LogP contribution in [0.5, 0.6) is 0 Å². The molecule has 0 aliphatic heterocycles. The van der Waals surface area contributed by atoms with Crippen LogP contribution in [0, 0.1) is 0 Å². The fourth-order valence-electron chi connectivity index (χ4n) is 4.22. The molecule has 1 saturated carbocycles. The zero-order valence-corrected chi connectivity index (χ0v) is 20.5. The molecule has 1 atom stereocenters. The predicted molar refractivity (Wildman–Crippen MR) is 131 cm³/mol. The summed E-state index contributed by atoms with van der Waals surface area (Å²) in [5.74, 6) is -0.257. The van der Waals surface area contributed by atoms with Crippen molar-refractivity contribution in [2.45, 2.75) is 70.5 Å². The molecule has 32 heavy (non-hydrogen) atoms. The van der Waals surface area contributed by atoms with Gasteiger partial charge in [0.25, 0.3) is 0 Å². The average Bonchev–Trinajstić information content (AvgIpc) is 2.75. The normalized spacial score (nSPS) is 15.2. The maximum atomic E-state index is 13.4. The zero-order valence-electron chi connectivity index (χ0n) is 18.3. The minimum absolute atomic E-state index is 0.107. The third kappa shape index (κ3) is 6.87. The molecule has 2 amide bonds. The second kappa shape index (κ2) is 11.9. The summed E-state index contributed by atoms with van der Waals surface area (Å²) in [5.41, 5.74) is 1.55. The Morgan fingerprint density at radius 1 is 1.03 bits per heavy atom. The maximum Gasteiger partial charge on any atom is 0.243 e. The fourth-order valence-corrected chi connectivity index (χ4v) is 4.90. The zero-order chi connectivity index (χ0) is 23.1. The first-order chi connectivity index (χ1) is 15.4. The highest BCUT2D eigenvalue weighted by Crippen LogP contribution is 2.25. The van der Waals surface area contributed by atoms with E-state index in [-0.39, 0.29) is 30.8 Å². The van der Waals surface area contributed by atoms with E-state index in [4.69, 9.17) is 34.8 Å². The minimum atomic E-state index is -0.588. The first-order valence-electron chi connectivity index (χ1n) is 11.2. The Kier molecular flexibility index (Phi) is 9.27. The lowest BCUT2D eigenvalue weighted by molar-refractivity contribution is -0.141.